The zero-order valence-electron chi connectivity index (χ0n) is 13.1. The molecule has 0 radical (unpaired) electrons. The van der Waals surface area contributed by atoms with Crippen molar-refractivity contribution in [2.75, 3.05) is 13.7 Å². The van der Waals surface area contributed by atoms with E-state index in [1.165, 1.54) is 18.4 Å². The number of amides is 1. The summed E-state index contributed by atoms with van der Waals surface area (Å²) in [6.45, 7) is 1.81. The Morgan fingerprint density at radius 2 is 2.00 bits per heavy atom. The number of aryl methyl sites for hydroxylation is 1. The predicted molar refractivity (Wildman–Crippen MR) is 88.5 cm³/mol. The standard InChI is InChI=1S/C17H19NO4S/c1-12-6-3-4-7-14(12)22-11-16(19)18-13(10-17(20)21-2)15-8-5-9-23-15/h3-9,13H,10-11H2,1-2H3,(H,18,19)/t13-/m1/s1. The number of nitrogens with one attached hydrogen (secondary N) is 1. The third-order valence-corrected chi connectivity index (χ3v) is 4.26. The highest BCUT2D eigenvalue weighted by molar-refractivity contribution is 7.10. The van der Waals surface area contributed by atoms with Gasteiger partial charge in [0.2, 0.25) is 0 Å². The van der Waals surface area contributed by atoms with Crippen LogP contribution in [0.5, 0.6) is 5.75 Å². The lowest BCUT2D eigenvalue weighted by atomic mass is 10.1. The normalized spacial score (nSPS) is 11.6. The average molecular weight is 333 g/mol. The molecule has 1 aromatic carbocycles. The molecule has 0 aliphatic rings. The van der Waals surface area contributed by atoms with Gasteiger partial charge in [-0.3, -0.25) is 9.59 Å². The van der Waals surface area contributed by atoms with E-state index in [4.69, 9.17) is 4.74 Å². The van der Waals surface area contributed by atoms with E-state index >= 15 is 0 Å². The number of rotatable bonds is 7. The van der Waals surface area contributed by atoms with Crippen LogP contribution in [0.3, 0.4) is 0 Å². The van der Waals surface area contributed by atoms with Crippen molar-refractivity contribution < 1.29 is 19.1 Å². The summed E-state index contributed by atoms with van der Waals surface area (Å²) >= 11 is 1.48. The van der Waals surface area contributed by atoms with Crippen molar-refractivity contribution >= 4 is 23.2 Å². The van der Waals surface area contributed by atoms with Gasteiger partial charge in [0.05, 0.1) is 19.6 Å². The summed E-state index contributed by atoms with van der Waals surface area (Å²) in [4.78, 5) is 24.5. The number of thiophene rings is 1. The number of esters is 1. The van der Waals surface area contributed by atoms with Crippen LogP contribution in [0.15, 0.2) is 41.8 Å². The Hall–Kier alpha value is -2.34. The first-order valence-corrected chi connectivity index (χ1v) is 8.06. The Morgan fingerprint density at radius 1 is 1.22 bits per heavy atom. The molecule has 23 heavy (non-hydrogen) atoms. The minimum absolute atomic E-state index is 0.0904. The number of carbonyl (C=O) groups excluding carboxylic acids is 2. The fourth-order valence-electron chi connectivity index (χ4n) is 2.06. The first-order chi connectivity index (χ1) is 11.1. The van der Waals surface area contributed by atoms with Crippen molar-refractivity contribution in [3.8, 4) is 5.75 Å². The third kappa shape index (κ3) is 5.10. The number of benzene rings is 1. The van der Waals surface area contributed by atoms with Crippen molar-refractivity contribution in [3.63, 3.8) is 0 Å². The number of hydrogen-bond acceptors (Lipinski definition) is 5. The van der Waals surface area contributed by atoms with Crippen LogP contribution < -0.4 is 10.1 Å². The maximum atomic E-state index is 12.1. The maximum Gasteiger partial charge on any atom is 0.307 e. The van der Waals surface area contributed by atoms with Gasteiger partial charge in [-0.05, 0) is 30.0 Å². The molecule has 1 heterocycles. The van der Waals surface area contributed by atoms with E-state index in [0.717, 1.165) is 10.4 Å². The van der Waals surface area contributed by atoms with Gasteiger partial charge in [-0.25, -0.2) is 0 Å². The monoisotopic (exact) mass is 333 g/mol. The van der Waals surface area contributed by atoms with Crippen LogP contribution >= 0.6 is 11.3 Å². The zero-order chi connectivity index (χ0) is 16.7. The molecular formula is C17H19NO4S. The molecule has 2 rings (SSSR count). The minimum atomic E-state index is -0.407. The summed E-state index contributed by atoms with van der Waals surface area (Å²) in [5.41, 5.74) is 0.963. The van der Waals surface area contributed by atoms with Crippen molar-refractivity contribution in [1.82, 2.24) is 5.32 Å². The maximum absolute atomic E-state index is 12.1. The van der Waals surface area contributed by atoms with Gasteiger partial charge in [0.15, 0.2) is 6.61 Å². The van der Waals surface area contributed by atoms with Gasteiger partial charge in [0, 0.05) is 4.88 Å². The molecule has 1 atom stereocenters. The Kier molecular flexibility index (Phi) is 6.17. The molecule has 122 valence electrons. The average Bonchev–Trinajstić information content (AvgIpc) is 3.07. The van der Waals surface area contributed by atoms with Crippen LogP contribution in [0.1, 0.15) is 22.9 Å². The van der Waals surface area contributed by atoms with E-state index < -0.39 is 6.04 Å². The summed E-state index contributed by atoms with van der Waals surface area (Å²) in [5, 5.41) is 4.72. The minimum Gasteiger partial charge on any atom is -0.484 e. The van der Waals surface area contributed by atoms with Crippen molar-refractivity contribution in [1.29, 1.82) is 0 Å². The highest BCUT2D eigenvalue weighted by Crippen LogP contribution is 2.22. The van der Waals surface area contributed by atoms with Gasteiger partial charge >= 0.3 is 5.97 Å². The fourth-order valence-corrected chi connectivity index (χ4v) is 2.84. The molecule has 0 aliphatic heterocycles. The van der Waals surface area contributed by atoms with Crippen LogP contribution in [-0.4, -0.2) is 25.6 Å². The lowest BCUT2D eigenvalue weighted by Crippen LogP contribution is -2.33. The van der Waals surface area contributed by atoms with E-state index in [0.29, 0.717) is 5.75 Å². The number of methoxy groups -OCH3 is 1. The smallest absolute Gasteiger partial charge is 0.307 e. The van der Waals surface area contributed by atoms with Crippen LogP contribution in [0.2, 0.25) is 0 Å². The van der Waals surface area contributed by atoms with Crippen LogP contribution in [-0.2, 0) is 14.3 Å². The Balaban J connectivity index is 1.95. The molecule has 0 aliphatic carbocycles. The Labute approximate surface area is 139 Å². The van der Waals surface area contributed by atoms with Gasteiger partial charge in [-0.15, -0.1) is 11.3 Å². The summed E-state index contributed by atoms with van der Waals surface area (Å²) in [6, 6.07) is 10.8. The molecule has 2 aromatic rings. The van der Waals surface area contributed by atoms with Crippen molar-refractivity contribution in [2.45, 2.75) is 19.4 Å². The highest BCUT2D eigenvalue weighted by Gasteiger charge is 2.20. The quantitative estimate of drug-likeness (QED) is 0.791. The molecule has 1 amide bonds. The van der Waals surface area contributed by atoms with Crippen LogP contribution in [0, 0.1) is 6.92 Å². The van der Waals surface area contributed by atoms with Crippen molar-refractivity contribution in [3.05, 3.63) is 52.2 Å². The molecule has 0 fully saturated rings. The number of carbonyl (C=O) groups is 2. The predicted octanol–water partition coefficient (Wildman–Crippen LogP) is 2.86. The summed E-state index contributed by atoms with van der Waals surface area (Å²) in [6.07, 6.45) is 0.0904. The summed E-state index contributed by atoms with van der Waals surface area (Å²) in [7, 11) is 1.33. The molecule has 0 bridgehead atoms. The van der Waals surface area contributed by atoms with Crippen LogP contribution in [0.25, 0.3) is 0 Å². The molecule has 5 nitrogen and oxygen atoms in total. The number of ether oxygens (including phenoxy) is 2. The SMILES string of the molecule is COC(=O)C[C@@H](NC(=O)COc1ccccc1C)c1cccs1. The Bertz CT molecular complexity index is 654. The van der Waals surface area contributed by atoms with Crippen LogP contribution in [0.4, 0.5) is 0 Å². The summed E-state index contributed by atoms with van der Waals surface area (Å²) in [5.74, 6) is 0.0161. The molecule has 0 unspecified atom stereocenters. The van der Waals surface area contributed by atoms with E-state index in [-0.39, 0.29) is 24.9 Å². The van der Waals surface area contributed by atoms with E-state index in [2.05, 4.69) is 10.1 Å². The fraction of sp³-hybridized carbons (Fsp3) is 0.294. The second-order valence-electron chi connectivity index (χ2n) is 4.97. The number of para-hydroxylation sites is 1. The molecule has 1 aromatic heterocycles. The largest absolute Gasteiger partial charge is 0.484 e. The molecule has 0 saturated heterocycles. The van der Waals surface area contributed by atoms with E-state index in [1.54, 1.807) is 0 Å². The lowest BCUT2D eigenvalue weighted by Gasteiger charge is -2.17. The second-order valence-corrected chi connectivity index (χ2v) is 5.95. The third-order valence-electron chi connectivity index (χ3n) is 3.27. The molecule has 1 N–H and O–H groups in total. The van der Waals surface area contributed by atoms with Gasteiger partial charge in [0.1, 0.15) is 5.75 Å². The topological polar surface area (TPSA) is 64.6 Å². The number of hydrogen-bond donors (Lipinski definition) is 1. The first kappa shape index (κ1) is 17.0. The van der Waals surface area contributed by atoms with E-state index in [9.17, 15) is 9.59 Å². The summed E-state index contributed by atoms with van der Waals surface area (Å²) < 4.78 is 10.2. The molecule has 0 spiro atoms. The molecule has 0 saturated carbocycles. The Morgan fingerprint density at radius 3 is 2.65 bits per heavy atom. The molecule has 6 heteroatoms. The zero-order valence-corrected chi connectivity index (χ0v) is 13.9. The van der Waals surface area contributed by atoms with Crippen molar-refractivity contribution in [2.24, 2.45) is 0 Å². The second kappa shape index (κ2) is 8.33. The van der Waals surface area contributed by atoms with Gasteiger partial charge < -0.3 is 14.8 Å². The first-order valence-electron chi connectivity index (χ1n) is 7.18. The van der Waals surface area contributed by atoms with Gasteiger partial charge in [-0.1, -0.05) is 24.3 Å². The lowest BCUT2D eigenvalue weighted by molar-refractivity contribution is -0.141. The van der Waals surface area contributed by atoms with Gasteiger partial charge in [-0.2, -0.15) is 0 Å². The molecular weight excluding hydrogens is 314 g/mol. The van der Waals surface area contributed by atoms with Gasteiger partial charge in [0.25, 0.3) is 5.91 Å². The highest BCUT2D eigenvalue weighted by atomic mass is 32.1. The van der Waals surface area contributed by atoms with E-state index in [1.807, 2.05) is 48.7 Å².